The Balaban J connectivity index is 1.81. The summed E-state index contributed by atoms with van der Waals surface area (Å²) < 4.78 is 33.2. The van der Waals surface area contributed by atoms with E-state index in [2.05, 4.69) is 11.6 Å². The molecule has 2 heterocycles. The van der Waals surface area contributed by atoms with Crippen LogP contribution < -0.4 is 5.56 Å². The van der Waals surface area contributed by atoms with Gasteiger partial charge in [0.15, 0.2) is 11.6 Å². The van der Waals surface area contributed by atoms with E-state index in [0.717, 1.165) is 12.1 Å². The van der Waals surface area contributed by atoms with Crippen LogP contribution >= 0.6 is 0 Å². The first-order valence-electron chi connectivity index (χ1n) is 9.01. The molecule has 0 saturated heterocycles. The second-order valence-corrected chi connectivity index (χ2v) is 6.95. The van der Waals surface area contributed by atoms with Crippen molar-refractivity contribution in [2.24, 2.45) is 0 Å². The Morgan fingerprint density at radius 2 is 1.83 bits per heavy atom. The van der Waals surface area contributed by atoms with Crippen molar-refractivity contribution in [2.45, 2.75) is 12.6 Å². The molecule has 0 radical (unpaired) electrons. The average molecular weight is 396 g/mol. The third kappa shape index (κ3) is 3.23. The molecule has 0 spiro atoms. The van der Waals surface area contributed by atoms with Crippen molar-refractivity contribution in [3.05, 3.63) is 87.9 Å². The Kier molecular flexibility index (Phi) is 4.76. The number of ether oxygens (including phenoxy) is 1. The standard InChI is InChI=1S/C22H18F2N2O3/c1-12(13-6-4-3-5-7-13)22(28)26(2)19-11-29-10-18-20(19)14-8-16(23)17(24)9-15(14)21(27)25-18/h3-9,19H,1,10-11H2,2H3,(H,25,27)/t19-/m0/s1. The number of amides is 1. The molecule has 1 atom stereocenters. The van der Waals surface area contributed by atoms with Crippen LogP contribution in [0.4, 0.5) is 8.78 Å². The number of likely N-dealkylation sites (N-methyl/N-ethyl adjacent to an activating group) is 1. The zero-order valence-corrected chi connectivity index (χ0v) is 15.7. The van der Waals surface area contributed by atoms with Crippen LogP contribution in [0.3, 0.4) is 0 Å². The lowest BCUT2D eigenvalue weighted by molar-refractivity contribution is -0.127. The minimum absolute atomic E-state index is 0.0253. The molecule has 1 aromatic heterocycles. The molecule has 1 amide bonds. The van der Waals surface area contributed by atoms with Crippen molar-refractivity contribution >= 4 is 22.3 Å². The first-order chi connectivity index (χ1) is 13.9. The van der Waals surface area contributed by atoms with Gasteiger partial charge in [-0.3, -0.25) is 9.59 Å². The highest BCUT2D eigenvalue weighted by Gasteiger charge is 2.32. The molecular formula is C22H18F2N2O3. The molecule has 7 heteroatoms. The SMILES string of the molecule is C=C(C(=O)N(C)[C@H]1COCc2[nH]c(=O)c3cc(F)c(F)cc3c21)c1ccccc1. The largest absolute Gasteiger partial charge is 0.373 e. The van der Waals surface area contributed by atoms with E-state index in [9.17, 15) is 18.4 Å². The molecule has 148 valence electrons. The first-order valence-corrected chi connectivity index (χ1v) is 9.01. The maximum Gasteiger partial charge on any atom is 0.256 e. The maximum absolute atomic E-state index is 14.0. The lowest BCUT2D eigenvalue weighted by Gasteiger charge is -2.34. The summed E-state index contributed by atoms with van der Waals surface area (Å²) in [5.41, 5.74) is 1.42. The maximum atomic E-state index is 14.0. The molecule has 3 aromatic rings. The molecule has 2 aromatic carbocycles. The number of hydrogen-bond donors (Lipinski definition) is 1. The molecular weight excluding hydrogens is 378 g/mol. The van der Waals surface area contributed by atoms with Gasteiger partial charge in [-0.25, -0.2) is 8.78 Å². The summed E-state index contributed by atoms with van der Waals surface area (Å²) >= 11 is 0. The zero-order chi connectivity index (χ0) is 20.7. The predicted molar refractivity (Wildman–Crippen MR) is 105 cm³/mol. The molecule has 1 aliphatic heterocycles. The van der Waals surface area contributed by atoms with E-state index in [0.29, 0.717) is 22.4 Å². The summed E-state index contributed by atoms with van der Waals surface area (Å²) in [7, 11) is 1.59. The minimum Gasteiger partial charge on any atom is -0.373 e. The van der Waals surface area contributed by atoms with Crippen molar-refractivity contribution in [2.75, 3.05) is 13.7 Å². The topological polar surface area (TPSA) is 62.4 Å². The van der Waals surface area contributed by atoms with Gasteiger partial charge in [-0.2, -0.15) is 0 Å². The van der Waals surface area contributed by atoms with Crippen LogP contribution in [0.15, 0.2) is 53.8 Å². The van der Waals surface area contributed by atoms with Gasteiger partial charge in [0, 0.05) is 23.9 Å². The number of fused-ring (bicyclic) bond motifs is 3. The monoisotopic (exact) mass is 396 g/mol. The van der Waals surface area contributed by atoms with Crippen molar-refractivity contribution in [1.29, 1.82) is 0 Å². The van der Waals surface area contributed by atoms with Crippen LogP contribution in [0, 0.1) is 11.6 Å². The molecule has 0 unspecified atom stereocenters. The van der Waals surface area contributed by atoms with Crippen molar-refractivity contribution in [3.8, 4) is 0 Å². The van der Waals surface area contributed by atoms with Gasteiger partial charge in [0.25, 0.3) is 11.5 Å². The fourth-order valence-corrected chi connectivity index (χ4v) is 3.66. The number of hydrogen-bond acceptors (Lipinski definition) is 3. The number of rotatable bonds is 3. The molecule has 5 nitrogen and oxygen atoms in total. The Morgan fingerprint density at radius 1 is 1.17 bits per heavy atom. The van der Waals surface area contributed by atoms with Gasteiger partial charge in [0.2, 0.25) is 0 Å². The molecule has 0 bridgehead atoms. The minimum atomic E-state index is -1.10. The number of pyridine rings is 1. The number of nitrogens with one attached hydrogen (secondary N) is 1. The van der Waals surface area contributed by atoms with E-state index in [-0.39, 0.29) is 29.9 Å². The predicted octanol–water partition coefficient (Wildman–Crippen LogP) is 3.55. The van der Waals surface area contributed by atoms with Crippen LogP contribution in [0.25, 0.3) is 16.3 Å². The van der Waals surface area contributed by atoms with Crippen LogP contribution in [0.1, 0.15) is 22.9 Å². The van der Waals surface area contributed by atoms with Crippen molar-refractivity contribution < 1.29 is 18.3 Å². The van der Waals surface area contributed by atoms with E-state index in [1.165, 1.54) is 4.90 Å². The van der Waals surface area contributed by atoms with Gasteiger partial charge in [-0.15, -0.1) is 0 Å². The van der Waals surface area contributed by atoms with E-state index in [1.807, 2.05) is 18.2 Å². The van der Waals surface area contributed by atoms with E-state index in [4.69, 9.17) is 4.74 Å². The van der Waals surface area contributed by atoms with E-state index in [1.54, 1.807) is 19.2 Å². The van der Waals surface area contributed by atoms with Gasteiger partial charge in [-0.05, 0) is 23.1 Å². The fourth-order valence-electron chi connectivity index (χ4n) is 3.66. The summed E-state index contributed by atoms with van der Waals surface area (Å²) in [4.78, 5) is 29.5. The zero-order valence-electron chi connectivity index (χ0n) is 15.7. The second kappa shape index (κ2) is 7.25. The Bertz CT molecular complexity index is 1190. The molecule has 0 aliphatic carbocycles. The number of carbonyl (C=O) groups is 1. The van der Waals surface area contributed by atoms with E-state index >= 15 is 0 Å². The van der Waals surface area contributed by atoms with Crippen LogP contribution in [0.2, 0.25) is 0 Å². The van der Waals surface area contributed by atoms with Gasteiger partial charge in [0.1, 0.15) is 0 Å². The number of aromatic amines is 1. The molecule has 1 N–H and O–H groups in total. The smallest absolute Gasteiger partial charge is 0.256 e. The summed E-state index contributed by atoms with van der Waals surface area (Å²) in [5, 5.41) is 0.290. The Morgan fingerprint density at radius 3 is 2.52 bits per heavy atom. The van der Waals surface area contributed by atoms with Gasteiger partial charge in [-0.1, -0.05) is 36.9 Å². The third-order valence-corrected chi connectivity index (χ3v) is 5.21. The number of nitrogens with zero attached hydrogens (tertiary/aromatic N) is 1. The first kappa shape index (κ1) is 19.0. The van der Waals surface area contributed by atoms with Crippen molar-refractivity contribution in [1.82, 2.24) is 9.88 Å². The quantitative estimate of drug-likeness (QED) is 0.689. The summed E-state index contributed by atoms with van der Waals surface area (Å²) in [6.45, 7) is 4.16. The molecule has 0 saturated carbocycles. The number of benzene rings is 2. The van der Waals surface area contributed by atoms with E-state index < -0.39 is 23.2 Å². The summed E-state index contributed by atoms with van der Waals surface area (Å²) in [6, 6.07) is 10.3. The van der Waals surface area contributed by atoms with Crippen LogP contribution in [0.5, 0.6) is 0 Å². The number of aromatic nitrogens is 1. The highest BCUT2D eigenvalue weighted by atomic mass is 19.2. The summed E-state index contributed by atoms with van der Waals surface area (Å²) in [6.07, 6.45) is 0. The normalized spacial score (nSPS) is 15.8. The Hall–Kier alpha value is -3.32. The second-order valence-electron chi connectivity index (χ2n) is 6.95. The number of H-pyrrole nitrogens is 1. The molecule has 29 heavy (non-hydrogen) atoms. The molecule has 1 aliphatic rings. The van der Waals surface area contributed by atoms with Gasteiger partial charge >= 0.3 is 0 Å². The van der Waals surface area contributed by atoms with Crippen LogP contribution in [-0.4, -0.2) is 29.4 Å². The Labute approximate surface area is 165 Å². The van der Waals surface area contributed by atoms with Crippen molar-refractivity contribution in [3.63, 3.8) is 0 Å². The summed E-state index contributed by atoms with van der Waals surface area (Å²) in [5.74, 6) is -2.49. The number of carbonyl (C=O) groups excluding carboxylic acids is 1. The molecule has 4 rings (SSSR count). The van der Waals surface area contributed by atoms with Gasteiger partial charge in [0.05, 0.1) is 24.6 Å². The van der Waals surface area contributed by atoms with Gasteiger partial charge < -0.3 is 14.6 Å². The van der Waals surface area contributed by atoms with Crippen LogP contribution in [-0.2, 0) is 16.1 Å². The number of halogens is 2. The molecule has 0 fully saturated rings. The third-order valence-electron chi connectivity index (χ3n) is 5.21. The lowest BCUT2D eigenvalue weighted by Crippen LogP contribution is -2.37. The average Bonchev–Trinajstić information content (AvgIpc) is 2.73. The fraction of sp³-hybridized carbons (Fsp3) is 0.182. The highest BCUT2D eigenvalue weighted by Crippen LogP contribution is 2.34. The lowest BCUT2D eigenvalue weighted by atomic mass is 9.94. The highest BCUT2D eigenvalue weighted by molar-refractivity contribution is 6.18.